The Hall–Kier alpha value is -3.13. The zero-order valence-electron chi connectivity index (χ0n) is 22.3. The van der Waals surface area contributed by atoms with Crippen molar-refractivity contribution in [2.75, 3.05) is 6.61 Å². The smallest absolute Gasteiger partial charge is 0.417 e. The Kier molecular flexibility index (Phi) is 9.41. The summed E-state index contributed by atoms with van der Waals surface area (Å²) in [4.78, 5) is 4.03. The fraction of sp³-hybridized carbons (Fsp3) is 0.433. The van der Waals surface area contributed by atoms with Crippen LogP contribution in [0.2, 0.25) is 0 Å². The van der Waals surface area contributed by atoms with E-state index in [4.69, 9.17) is 9.47 Å². The Morgan fingerprint density at radius 3 is 2.55 bits per heavy atom. The van der Waals surface area contributed by atoms with Crippen molar-refractivity contribution in [1.82, 2.24) is 4.98 Å². The van der Waals surface area contributed by atoms with Crippen molar-refractivity contribution in [2.24, 2.45) is 5.92 Å². The number of halogens is 4. The van der Waals surface area contributed by atoms with Crippen LogP contribution in [0.15, 0.2) is 66.1 Å². The second-order valence-corrected chi connectivity index (χ2v) is 10.4. The number of hydrogen-bond acceptors (Lipinski definition) is 4. The highest BCUT2D eigenvalue weighted by atomic mass is 19.4. The zero-order chi connectivity index (χ0) is 28.1. The lowest BCUT2D eigenvalue weighted by Crippen LogP contribution is -2.19. The number of aromatic nitrogens is 1. The van der Waals surface area contributed by atoms with Crippen LogP contribution in [0.3, 0.4) is 0 Å². The maximum atomic E-state index is 14.6. The topological polar surface area (TPSA) is 51.6 Å². The first kappa shape index (κ1) is 29.4. The van der Waals surface area contributed by atoms with E-state index in [0.717, 1.165) is 36.7 Å². The fourth-order valence-corrected chi connectivity index (χ4v) is 4.46. The Bertz CT molecular complexity index is 1210. The van der Waals surface area contributed by atoms with Crippen molar-refractivity contribution >= 4 is 0 Å². The molecule has 1 aromatic heterocycles. The van der Waals surface area contributed by atoms with Gasteiger partial charge in [-0.05, 0) is 87.3 Å². The summed E-state index contributed by atoms with van der Waals surface area (Å²) in [7, 11) is 0. The van der Waals surface area contributed by atoms with Crippen LogP contribution in [-0.2, 0) is 17.5 Å². The number of hydrogen-bond donors (Lipinski definition) is 1. The summed E-state index contributed by atoms with van der Waals surface area (Å²) in [6, 6.07) is 4.58. The highest BCUT2D eigenvalue weighted by Gasteiger charge is 2.35. The molecule has 1 fully saturated rings. The van der Waals surface area contributed by atoms with Crippen LogP contribution in [0.25, 0.3) is 11.1 Å². The van der Waals surface area contributed by atoms with E-state index >= 15 is 0 Å². The summed E-state index contributed by atoms with van der Waals surface area (Å²) in [5.74, 6) is 0.122. The molecule has 1 atom stereocenters. The molecule has 0 radical (unpaired) electrons. The lowest BCUT2D eigenvalue weighted by molar-refractivity contribution is -0.137. The Labute approximate surface area is 221 Å². The molecule has 38 heavy (non-hydrogen) atoms. The number of pyridine rings is 1. The van der Waals surface area contributed by atoms with Crippen LogP contribution in [0.4, 0.5) is 17.6 Å². The van der Waals surface area contributed by atoms with Crippen molar-refractivity contribution < 1.29 is 32.1 Å². The molecule has 2 aromatic rings. The summed E-state index contributed by atoms with van der Waals surface area (Å²) < 4.78 is 67.4. The Balaban J connectivity index is 1.77. The first-order valence-corrected chi connectivity index (χ1v) is 12.7. The molecule has 1 saturated carbocycles. The minimum atomic E-state index is -4.68. The molecule has 1 aromatic carbocycles. The molecule has 1 heterocycles. The maximum Gasteiger partial charge on any atom is 0.417 e. The number of allylic oxidation sites excluding steroid dienone is 4. The number of nitrogens with zero attached hydrogens (tertiary/aromatic N) is 1. The molecular weight excluding hydrogens is 498 g/mol. The molecule has 4 nitrogen and oxygen atoms in total. The predicted molar refractivity (Wildman–Crippen MR) is 140 cm³/mol. The summed E-state index contributed by atoms with van der Waals surface area (Å²) in [6.45, 7) is 11.3. The molecule has 0 spiro atoms. The Morgan fingerprint density at radius 2 is 1.89 bits per heavy atom. The fourth-order valence-electron chi connectivity index (χ4n) is 4.46. The molecule has 0 aliphatic heterocycles. The largest absolute Gasteiger partial charge is 0.489 e. The van der Waals surface area contributed by atoms with E-state index in [0.29, 0.717) is 24.5 Å². The van der Waals surface area contributed by atoms with Gasteiger partial charge in [-0.3, -0.25) is 0 Å². The predicted octanol–water partition coefficient (Wildman–Crippen LogP) is 8.17. The van der Waals surface area contributed by atoms with E-state index in [-0.39, 0.29) is 35.8 Å². The summed E-state index contributed by atoms with van der Waals surface area (Å²) in [6.07, 6.45) is 3.05. The molecular formula is C30H35F4NO3. The molecule has 1 N–H and O–H groups in total. The molecule has 8 heteroatoms. The standard InChI is InChI=1S/C30H35F4NO3/c1-6-21-12-19(2)13-23(21)14-20(3)38-18-24-15-22(8-9-27(24)31)25-17-35-28(16-26(25)30(32,33)34)37-11-7-10-29(4,5)36/h6,8-9,14-17,19,36H,3,7,10-13,18H2,1-2,4-5H3/b21-6-,23-14-. The van der Waals surface area contributed by atoms with Gasteiger partial charge in [0.2, 0.25) is 5.88 Å². The quantitative estimate of drug-likeness (QED) is 0.190. The molecule has 1 aliphatic carbocycles. The van der Waals surface area contributed by atoms with E-state index in [1.54, 1.807) is 13.8 Å². The molecule has 3 rings (SSSR count). The van der Waals surface area contributed by atoms with E-state index in [9.17, 15) is 22.7 Å². The molecule has 0 amide bonds. The van der Waals surface area contributed by atoms with Crippen LogP contribution in [0.1, 0.15) is 64.5 Å². The van der Waals surface area contributed by atoms with Crippen molar-refractivity contribution in [3.05, 3.63) is 83.0 Å². The minimum Gasteiger partial charge on any atom is -0.489 e. The van der Waals surface area contributed by atoms with Crippen LogP contribution in [-0.4, -0.2) is 22.3 Å². The van der Waals surface area contributed by atoms with Gasteiger partial charge in [0.05, 0.1) is 17.8 Å². The molecule has 0 saturated heterocycles. The minimum absolute atomic E-state index is 0.105. The van der Waals surface area contributed by atoms with Crippen molar-refractivity contribution in [3.63, 3.8) is 0 Å². The van der Waals surface area contributed by atoms with Gasteiger partial charge in [-0.1, -0.05) is 25.6 Å². The zero-order valence-corrected chi connectivity index (χ0v) is 22.3. The average Bonchev–Trinajstić information content (AvgIpc) is 3.19. The van der Waals surface area contributed by atoms with Gasteiger partial charge in [0.1, 0.15) is 18.2 Å². The number of aliphatic hydroxyl groups is 1. The van der Waals surface area contributed by atoms with Gasteiger partial charge in [0.25, 0.3) is 0 Å². The first-order valence-electron chi connectivity index (χ1n) is 12.7. The third-order valence-corrected chi connectivity index (χ3v) is 6.37. The molecule has 0 bridgehead atoms. The summed E-state index contributed by atoms with van der Waals surface area (Å²) in [5.41, 5.74) is 0.592. The number of benzene rings is 1. The van der Waals surface area contributed by atoms with E-state index < -0.39 is 23.2 Å². The third-order valence-electron chi connectivity index (χ3n) is 6.37. The maximum absolute atomic E-state index is 14.6. The highest BCUT2D eigenvalue weighted by molar-refractivity contribution is 5.68. The molecule has 206 valence electrons. The van der Waals surface area contributed by atoms with Crippen molar-refractivity contribution in [3.8, 4) is 17.0 Å². The van der Waals surface area contributed by atoms with Gasteiger partial charge < -0.3 is 14.6 Å². The lowest BCUT2D eigenvalue weighted by atomic mass is 9.99. The van der Waals surface area contributed by atoms with E-state index in [2.05, 4.69) is 24.6 Å². The van der Waals surface area contributed by atoms with Gasteiger partial charge in [-0.2, -0.15) is 13.2 Å². The summed E-state index contributed by atoms with van der Waals surface area (Å²) in [5, 5.41) is 9.77. The van der Waals surface area contributed by atoms with E-state index in [1.165, 1.54) is 17.7 Å². The lowest BCUT2D eigenvalue weighted by Gasteiger charge is -2.17. The van der Waals surface area contributed by atoms with E-state index in [1.807, 2.05) is 13.0 Å². The number of alkyl halides is 3. The SMILES string of the molecule is C=C(/C=C1/CC(C)C/C1=C/C)OCc1cc(-c2cnc(OCCCC(C)(C)O)cc2C(F)(F)F)ccc1F. The second kappa shape index (κ2) is 12.2. The van der Waals surface area contributed by atoms with Gasteiger partial charge in [0, 0.05) is 23.4 Å². The second-order valence-electron chi connectivity index (χ2n) is 10.4. The molecule has 1 aliphatic rings. The van der Waals surface area contributed by atoms with Crippen LogP contribution in [0.5, 0.6) is 5.88 Å². The normalized spacial score (nSPS) is 18.3. The van der Waals surface area contributed by atoms with Crippen molar-refractivity contribution in [1.29, 1.82) is 0 Å². The van der Waals surface area contributed by atoms with Crippen molar-refractivity contribution in [2.45, 2.75) is 71.8 Å². The van der Waals surface area contributed by atoms with Crippen LogP contribution >= 0.6 is 0 Å². The van der Waals surface area contributed by atoms with Gasteiger partial charge >= 0.3 is 6.18 Å². The summed E-state index contributed by atoms with van der Waals surface area (Å²) >= 11 is 0. The van der Waals surface area contributed by atoms with Gasteiger partial charge in [-0.25, -0.2) is 9.37 Å². The monoisotopic (exact) mass is 533 g/mol. The average molecular weight is 534 g/mol. The van der Waals surface area contributed by atoms with Gasteiger partial charge in [-0.15, -0.1) is 0 Å². The Morgan fingerprint density at radius 1 is 1.18 bits per heavy atom. The van der Waals surface area contributed by atoms with Gasteiger partial charge in [0.15, 0.2) is 0 Å². The van der Waals surface area contributed by atoms with Crippen LogP contribution < -0.4 is 4.74 Å². The number of rotatable bonds is 10. The van der Waals surface area contributed by atoms with Crippen LogP contribution in [0, 0.1) is 11.7 Å². The third kappa shape index (κ3) is 8.18. The first-order chi connectivity index (χ1) is 17.8. The highest BCUT2D eigenvalue weighted by Crippen LogP contribution is 2.39. The molecule has 1 unspecified atom stereocenters. The number of ether oxygens (including phenoxy) is 2.